The fourth-order valence-electron chi connectivity index (χ4n) is 3.44. The standard InChI is InChI=1S/C21H27ClN4O4/c1-3-9-30-13-15-5-4-8-26(15)21-24-12-16(20(27)28)19(25-21)23-11-14-6-7-18(29-2)17(22)10-14/h6-7,10,12,15H,3-5,8-9,11,13H2,1-2H3,(H,27,28)(H,23,24,25)/t15-/m0/s1. The van der Waals surface area contributed by atoms with Gasteiger partial charge in [-0.3, -0.25) is 0 Å². The van der Waals surface area contributed by atoms with Crippen molar-refractivity contribution in [2.75, 3.05) is 37.1 Å². The number of carbonyl (C=O) groups is 1. The third-order valence-corrected chi connectivity index (χ3v) is 5.27. The summed E-state index contributed by atoms with van der Waals surface area (Å²) in [6, 6.07) is 5.60. The van der Waals surface area contributed by atoms with Crippen LogP contribution in [0.3, 0.4) is 0 Å². The summed E-state index contributed by atoms with van der Waals surface area (Å²) in [5, 5.41) is 13.1. The molecule has 1 aromatic heterocycles. The number of rotatable bonds is 10. The number of benzene rings is 1. The number of halogens is 1. The van der Waals surface area contributed by atoms with Crippen molar-refractivity contribution in [1.29, 1.82) is 0 Å². The van der Waals surface area contributed by atoms with Gasteiger partial charge < -0.3 is 24.8 Å². The average molecular weight is 435 g/mol. The lowest BCUT2D eigenvalue weighted by Crippen LogP contribution is -2.34. The maximum absolute atomic E-state index is 11.7. The predicted octanol–water partition coefficient (Wildman–Crippen LogP) is 3.84. The molecule has 2 N–H and O–H groups in total. The summed E-state index contributed by atoms with van der Waals surface area (Å²) < 4.78 is 10.9. The minimum atomic E-state index is -1.08. The SMILES string of the molecule is CCCOC[C@@H]1CCCN1c1ncc(C(=O)O)c(NCc2ccc(OC)c(Cl)c2)n1. The topological polar surface area (TPSA) is 96.8 Å². The molecule has 0 spiro atoms. The van der Waals surface area contributed by atoms with Crippen molar-refractivity contribution in [3.8, 4) is 5.75 Å². The number of ether oxygens (including phenoxy) is 2. The Labute approximate surface area is 181 Å². The number of aromatic carboxylic acids is 1. The van der Waals surface area contributed by atoms with E-state index >= 15 is 0 Å². The Hall–Kier alpha value is -2.58. The number of carboxylic acids is 1. The molecular formula is C21H27ClN4O4. The molecule has 0 amide bonds. The van der Waals surface area contributed by atoms with Gasteiger partial charge in [-0.25, -0.2) is 9.78 Å². The van der Waals surface area contributed by atoms with Gasteiger partial charge in [0.25, 0.3) is 0 Å². The van der Waals surface area contributed by atoms with E-state index in [1.54, 1.807) is 19.2 Å². The Kier molecular flexibility index (Phi) is 7.70. The summed E-state index contributed by atoms with van der Waals surface area (Å²) in [5.74, 6) is 0.292. The maximum Gasteiger partial charge on any atom is 0.341 e. The Bertz CT molecular complexity index is 880. The zero-order chi connectivity index (χ0) is 21.5. The van der Waals surface area contributed by atoms with Crippen molar-refractivity contribution in [3.05, 3.63) is 40.5 Å². The van der Waals surface area contributed by atoms with Crippen LogP contribution in [0.1, 0.15) is 42.1 Å². The number of anilines is 2. The Balaban J connectivity index is 1.77. The number of hydrogen-bond donors (Lipinski definition) is 2. The molecule has 2 aromatic rings. The van der Waals surface area contributed by atoms with Crippen molar-refractivity contribution < 1.29 is 19.4 Å². The molecule has 0 saturated carbocycles. The van der Waals surface area contributed by atoms with Gasteiger partial charge in [-0.1, -0.05) is 24.6 Å². The molecule has 0 unspecified atom stereocenters. The predicted molar refractivity (Wildman–Crippen MR) is 116 cm³/mol. The molecule has 1 aliphatic heterocycles. The first-order valence-corrected chi connectivity index (χ1v) is 10.4. The van der Waals surface area contributed by atoms with Crippen molar-refractivity contribution >= 4 is 29.3 Å². The van der Waals surface area contributed by atoms with Crippen LogP contribution < -0.4 is 15.0 Å². The summed E-state index contributed by atoms with van der Waals surface area (Å²) in [6.07, 6.45) is 4.36. The van der Waals surface area contributed by atoms with Crippen LogP contribution in [0.5, 0.6) is 5.75 Å². The van der Waals surface area contributed by atoms with Crippen molar-refractivity contribution in [2.45, 2.75) is 38.8 Å². The number of methoxy groups -OCH3 is 1. The van der Waals surface area contributed by atoms with Gasteiger partial charge in [-0.2, -0.15) is 4.98 Å². The fourth-order valence-corrected chi connectivity index (χ4v) is 3.72. The molecule has 30 heavy (non-hydrogen) atoms. The van der Waals surface area contributed by atoms with E-state index in [2.05, 4.69) is 27.1 Å². The molecule has 3 rings (SSSR count). The van der Waals surface area contributed by atoms with Crippen LogP contribution in [-0.2, 0) is 11.3 Å². The summed E-state index contributed by atoms with van der Waals surface area (Å²) in [4.78, 5) is 22.6. The van der Waals surface area contributed by atoms with Gasteiger partial charge in [0.1, 0.15) is 17.1 Å². The van der Waals surface area contributed by atoms with Gasteiger partial charge in [0, 0.05) is 25.9 Å². The van der Waals surface area contributed by atoms with Crippen LogP contribution in [0, 0.1) is 0 Å². The highest BCUT2D eigenvalue weighted by Crippen LogP contribution is 2.27. The fraction of sp³-hybridized carbons (Fsp3) is 0.476. The second-order valence-electron chi connectivity index (χ2n) is 7.12. The lowest BCUT2D eigenvalue weighted by molar-refractivity contribution is 0.0697. The second-order valence-corrected chi connectivity index (χ2v) is 7.53. The number of carboxylic acid groups (broad SMARTS) is 1. The quantitative estimate of drug-likeness (QED) is 0.544. The largest absolute Gasteiger partial charge is 0.495 e. The van der Waals surface area contributed by atoms with Gasteiger partial charge >= 0.3 is 5.97 Å². The summed E-state index contributed by atoms with van der Waals surface area (Å²) in [7, 11) is 1.56. The van der Waals surface area contributed by atoms with Gasteiger partial charge in [0.15, 0.2) is 0 Å². The van der Waals surface area contributed by atoms with Crippen molar-refractivity contribution in [1.82, 2.24) is 9.97 Å². The van der Waals surface area contributed by atoms with Crippen LogP contribution in [-0.4, -0.2) is 54.0 Å². The molecule has 9 heteroatoms. The minimum absolute atomic E-state index is 0.0244. The van der Waals surface area contributed by atoms with Crippen LogP contribution in [0.4, 0.5) is 11.8 Å². The summed E-state index contributed by atoms with van der Waals surface area (Å²) in [6.45, 7) is 4.60. The maximum atomic E-state index is 11.7. The third-order valence-electron chi connectivity index (χ3n) is 4.98. The van der Waals surface area contributed by atoms with E-state index in [4.69, 9.17) is 21.1 Å². The molecule has 162 valence electrons. The molecule has 1 saturated heterocycles. The first kappa shape index (κ1) is 22.1. The van der Waals surface area contributed by atoms with E-state index < -0.39 is 5.97 Å². The highest BCUT2D eigenvalue weighted by molar-refractivity contribution is 6.32. The van der Waals surface area contributed by atoms with Crippen LogP contribution >= 0.6 is 11.6 Å². The lowest BCUT2D eigenvalue weighted by atomic mass is 10.2. The van der Waals surface area contributed by atoms with E-state index in [-0.39, 0.29) is 17.4 Å². The van der Waals surface area contributed by atoms with Crippen LogP contribution in [0.15, 0.2) is 24.4 Å². The average Bonchev–Trinajstić information content (AvgIpc) is 3.21. The van der Waals surface area contributed by atoms with Gasteiger partial charge in [-0.05, 0) is 37.0 Å². The molecule has 0 radical (unpaired) electrons. The van der Waals surface area contributed by atoms with Crippen molar-refractivity contribution in [3.63, 3.8) is 0 Å². The highest BCUT2D eigenvalue weighted by atomic mass is 35.5. The van der Waals surface area contributed by atoms with Crippen LogP contribution in [0.2, 0.25) is 5.02 Å². The minimum Gasteiger partial charge on any atom is -0.495 e. The highest BCUT2D eigenvalue weighted by Gasteiger charge is 2.28. The van der Waals surface area contributed by atoms with Crippen molar-refractivity contribution in [2.24, 2.45) is 0 Å². The van der Waals surface area contributed by atoms with E-state index in [0.717, 1.165) is 38.0 Å². The first-order valence-electron chi connectivity index (χ1n) is 10.0. The molecule has 0 bridgehead atoms. The molecule has 8 nitrogen and oxygen atoms in total. The van der Waals surface area contributed by atoms with E-state index in [0.29, 0.717) is 29.9 Å². The number of nitrogens with one attached hydrogen (secondary N) is 1. The zero-order valence-corrected chi connectivity index (χ0v) is 18.0. The number of nitrogens with zero attached hydrogens (tertiary/aromatic N) is 3. The Morgan fingerprint density at radius 2 is 2.27 bits per heavy atom. The van der Waals surface area contributed by atoms with Gasteiger partial charge in [-0.15, -0.1) is 0 Å². The zero-order valence-electron chi connectivity index (χ0n) is 17.2. The Morgan fingerprint density at radius 1 is 1.43 bits per heavy atom. The van der Waals surface area contributed by atoms with E-state index in [1.807, 2.05) is 6.07 Å². The van der Waals surface area contributed by atoms with Gasteiger partial charge in [0.2, 0.25) is 5.95 Å². The molecule has 0 aliphatic carbocycles. The molecular weight excluding hydrogens is 408 g/mol. The molecule has 1 atom stereocenters. The van der Waals surface area contributed by atoms with Crippen LogP contribution in [0.25, 0.3) is 0 Å². The first-order chi connectivity index (χ1) is 14.5. The third kappa shape index (κ3) is 5.31. The lowest BCUT2D eigenvalue weighted by Gasteiger charge is -2.25. The number of aromatic nitrogens is 2. The van der Waals surface area contributed by atoms with E-state index in [9.17, 15) is 9.90 Å². The molecule has 1 aromatic carbocycles. The normalized spacial score (nSPS) is 16.0. The summed E-state index contributed by atoms with van der Waals surface area (Å²) >= 11 is 6.18. The summed E-state index contributed by atoms with van der Waals surface area (Å²) in [5.41, 5.74) is 0.903. The van der Waals surface area contributed by atoms with E-state index in [1.165, 1.54) is 6.20 Å². The smallest absolute Gasteiger partial charge is 0.341 e. The molecule has 1 aliphatic rings. The molecule has 2 heterocycles. The monoisotopic (exact) mass is 434 g/mol. The Morgan fingerprint density at radius 3 is 2.97 bits per heavy atom. The second kappa shape index (κ2) is 10.4. The molecule has 1 fully saturated rings. The number of hydrogen-bond acceptors (Lipinski definition) is 7. The van der Waals surface area contributed by atoms with Gasteiger partial charge in [0.05, 0.1) is 24.8 Å².